The lowest BCUT2D eigenvalue weighted by atomic mass is 9.89. The SMILES string of the molecule is CCc1noc(C)c1C(=O)N1C[C@@H]2CN(C(C)=O)[C@@H](c3cccc(F)c3)[C@@H]2C1. The molecule has 2 aliphatic heterocycles. The zero-order valence-corrected chi connectivity index (χ0v) is 16.3. The molecule has 2 aromatic rings. The number of fused-ring (bicyclic) bond motifs is 1. The molecule has 2 amide bonds. The predicted octanol–water partition coefficient (Wildman–Crippen LogP) is 2.98. The van der Waals surface area contributed by atoms with Crippen LogP contribution in [0.4, 0.5) is 4.39 Å². The topological polar surface area (TPSA) is 66.7 Å². The molecule has 0 N–H and O–H groups in total. The highest BCUT2D eigenvalue weighted by Gasteiger charge is 2.49. The molecule has 6 nitrogen and oxygen atoms in total. The molecule has 148 valence electrons. The number of halogens is 1. The van der Waals surface area contributed by atoms with Crippen LogP contribution >= 0.6 is 0 Å². The first-order valence-electron chi connectivity index (χ1n) is 9.67. The van der Waals surface area contributed by atoms with E-state index in [-0.39, 0.29) is 35.5 Å². The number of benzene rings is 1. The third kappa shape index (κ3) is 2.99. The Morgan fingerprint density at radius 3 is 2.75 bits per heavy atom. The van der Waals surface area contributed by atoms with Gasteiger partial charge < -0.3 is 14.3 Å². The Labute approximate surface area is 163 Å². The van der Waals surface area contributed by atoms with E-state index in [9.17, 15) is 14.0 Å². The Bertz CT molecular complexity index is 925. The molecule has 3 heterocycles. The molecule has 7 heteroatoms. The fourth-order valence-electron chi connectivity index (χ4n) is 4.74. The van der Waals surface area contributed by atoms with Crippen LogP contribution in [0.15, 0.2) is 28.8 Å². The number of carbonyl (C=O) groups is 2. The molecule has 4 rings (SSSR count). The Morgan fingerprint density at radius 1 is 1.29 bits per heavy atom. The Morgan fingerprint density at radius 2 is 2.07 bits per heavy atom. The van der Waals surface area contributed by atoms with E-state index in [2.05, 4.69) is 5.16 Å². The van der Waals surface area contributed by atoms with E-state index in [0.717, 1.165) is 5.56 Å². The first-order chi connectivity index (χ1) is 13.4. The summed E-state index contributed by atoms with van der Waals surface area (Å²) in [5.41, 5.74) is 2.01. The second-order valence-electron chi connectivity index (χ2n) is 7.72. The lowest BCUT2D eigenvalue weighted by Gasteiger charge is -2.29. The van der Waals surface area contributed by atoms with Gasteiger partial charge in [-0.15, -0.1) is 0 Å². The summed E-state index contributed by atoms with van der Waals surface area (Å²) in [5.74, 6) is 0.377. The van der Waals surface area contributed by atoms with Crippen molar-refractivity contribution in [1.82, 2.24) is 15.0 Å². The van der Waals surface area contributed by atoms with Crippen molar-refractivity contribution in [3.8, 4) is 0 Å². The number of carbonyl (C=O) groups excluding carboxylic acids is 2. The van der Waals surface area contributed by atoms with Crippen molar-refractivity contribution in [1.29, 1.82) is 0 Å². The monoisotopic (exact) mass is 385 g/mol. The summed E-state index contributed by atoms with van der Waals surface area (Å²) in [6, 6.07) is 6.20. The lowest BCUT2D eigenvalue weighted by molar-refractivity contribution is -0.130. The van der Waals surface area contributed by atoms with E-state index in [4.69, 9.17) is 4.52 Å². The number of hydrogen-bond donors (Lipinski definition) is 0. The minimum absolute atomic E-state index is 0.0234. The van der Waals surface area contributed by atoms with Crippen LogP contribution < -0.4 is 0 Å². The molecule has 1 aromatic heterocycles. The molecular weight excluding hydrogens is 361 g/mol. The summed E-state index contributed by atoms with van der Waals surface area (Å²) in [4.78, 5) is 29.0. The van der Waals surface area contributed by atoms with Crippen LogP contribution in [0.2, 0.25) is 0 Å². The highest BCUT2D eigenvalue weighted by Crippen LogP contribution is 2.45. The van der Waals surface area contributed by atoms with Crippen molar-refractivity contribution in [3.05, 3.63) is 52.7 Å². The first kappa shape index (κ1) is 18.7. The quantitative estimate of drug-likeness (QED) is 0.815. The van der Waals surface area contributed by atoms with Crippen molar-refractivity contribution in [3.63, 3.8) is 0 Å². The molecule has 28 heavy (non-hydrogen) atoms. The van der Waals surface area contributed by atoms with E-state index in [1.54, 1.807) is 19.9 Å². The Hall–Kier alpha value is -2.70. The zero-order valence-electron chi connectivity index (χ0n) is 16.3. The van der Waals surface area contributed by atoms with Gasteiger partial charge in [-0.3, -0.25) is 9.59 Å². The second-order valence-corrected chi connectivity index (χ2v) is 7.72. The summed E-state index contributed by atoms with van der Waals surface area (Å²) in [6.07, 6.45) is 0.628. The normalized spacial score (nSPS) is 23.9. The second kappa shape index (κ2) is 7.04. The van der Waals surface area contributed by atoms with Crippen molar-refractivity contribution < 1.29 is 18.5 Å². The number of hydrogen-bond acceptors (Lipinski definition) is 4. The van der Waals surface area contributed by atoms with E-state index < -0.39 is 0 Å². The highest BCUT2D eigenvalue weighted by atomic mass is 19.1. The van der Waals surface area contributed by atoms with Crippen LogP contribution in [0.1, 0.15) is 47.3 Å². The van der Waals surface area contributed by atoms with Crippen LogP contribution in [-0.2, 0) is 11.2 Å². The molecular formula is C21H24FN3O3. The standard InChI is InChI=1S/C21H24FN3O3/c1-4-18-19(12(2)28-23-18)21(27)24-9-15-10-25(13(3)26)20(17(15)11-24)14-6-5-7-16(22)8-14/h5-8,15,17,20H,4,9-11H2,1-3H3/t15-,17-,20+/m1/s1. The molecule has 2 fully saturated rings. The van der Waals surface area contributed by atoms with Crippen molar-refractivity contribution in [2.75, 3.05) is 19.6 Å². The van der Waals surface area contributed by atoms with E-state index in [1.807, 2.05) is 22.8 Å². The minimum atomic E-state index is -0.317. The molecule has 2 saturated heterocycles. The van der Waals surface area contributed by atoms with Gasteiger partial charge in [-0.05, 0) is 31.0 Å². The molecule has 0 radical (unpaired) electrons. The van der Waals surface area contributed by atoms with Crippen LogP contribution in [0.3, 0.4) is 0 Å². The number of likely N-dealkylation sites (tertiary alicyclic amines) is 2. The first-order valence-corrected chi connectivity index (χ1v) is 9.67. The molecule has 0 saturated carbocycles. The summed E-state index contributed by atoms with van der Waals surface area (Å²) in [7, 11) is 0. The number of aryl methyl sites for hydroxylation is 2. The third-order valence-corrected chi connectivity index (χ3v) is 6.03. The van der Waals surface area contributed by atoms with Gasteiger partial charge in [-0.2, -0.15) is 0 Å². The molecule has 1 aromatic carbocycles. The van der Waals surface area contributed by atoms with Gasteiger partial charge in [0.2, 0.25) is 5.91 Å². The molecule has 0 spiro atoms. The lowest BCUT2D eigenvalue weighted by Crippen LogP contribution is -2.36. The molecule has 0 aliphatic carbocycles. The van der Waals surface area contributed by atoms with Crippen molar-refractivity contribution in [2.24, 2.45) is 11.8 Å². The van der Waals surface area contributed by atoms with E-state index in [1.165, 1.54) is 12.1 Å². The average Bonchev–Trinajstić information content (AvgIpc) is 3.32. The predicted molar refractivity (Wildman–Crippen MR) is 100 cm³/mol. The number of aromatic nitrogens is 1. The fraction of sp³-hybridized carbons (Fsp3) is 0.476. The van der Waals surface area contributed by atoms with Crippen molar-refractivity contribution in [2.45, 2.75) is 33.2 Å². The van der Waals surface area contributed by atoms with Crippen LogP contribution in [0.25, 0.3) is 0 Å². The van der Waals surface area contributed by atoms with Gasteiger partial charge in [-0.1, -0.05) is 24.2 Å². The van der Waals surface area contributed by atoms with Gasteiger partial charge in [-0.25, -0.2) is 4.39 Å². The van der Waals surface area contributed by atoms with Crippen LogP contribution in [-0.4, -0.2) is 46.4 Å². The van der Waals surface area contributed by atoms with Gasteiger partial charge in [0.25, 0.3) is 5.91 Å². The maximum Gasteiger partial charge on any atom is 0.259 e. The summed E-state index contributed by atoms with van der Waals surface area (Å²) >= 11 is 0. The summed E-state index contributed by atoms with van der Waals surface area (Å²) < 4.78 is 19.0. The zero-order chi connectivity index (χ0) is 20.0. The highest BCUT2D eigenvalue weighted by molar-refractivity contribution is 5.96. The Kier molecular flexibility index (Phi) is 4.69. The van der Waals surface area contributed by atoms with Crippen LogP contribution in [0, 0.1) is 24.6 Å². The van der Waals surface area contributed by atoms with Gasteiger partial charge in [0.15, 0.2) is 0 Å². The number of rotatable bonds is 3. The van der Waals surface area contributed by atoms with Crippen molar-refractivity contribution >= 4 is 11.8 Å². The largest absolute Gasteiger partial charge is 0.361 e. The van der Waals surface area contributed by atoms with E-state index in [0.29, 0.717) is 43.1 Å². The van der Waals surface area contributed by atoms with Gasteiger partial charge >= 0.3 is 0 Å². The van der Waals surface area contributed by atoms with Gasteiger partial charge in [0.1, 0.15) is 17.1 Å². The Balaban J connectivity index is 1.62. The number of nitrogens with zero attached hydrogens (tertiary/aromatic N) is 3. The summed E-state index contributed by atoms with van der Waals surface area (Å²) in [6.45, 7) is 6.93. The maximum atomic E-state index is 13.8. The molecule has 0 unspecified atom stereocenters. The van der Waals surface area contributed by atoms with Gasteiger partial charge in [0, 0.05) is 38.4 Å². The molecule has 2 aliphatic rings. The number of amides is 2. The fourth-order valence-corrected chi connectivity index (χ4v) is 4.74. The van der Waals surface area contributed by atoms with Crippen LogP contribution in [0.5, 0.6) is 0 Å². The third-order valence-electron chi connectivity index (χ3n) is 6.03. The average molecular weight is 385 g/mol. The molecule has 0 bridgehead atoms. The van der Waals surface area contributed by atoms with E-state index >= 15 is 0 Å². The maximum absolute atomic E-state index is 13.8. The smallest absolute Gasteiger partial charge is 0.259 e. The minimum Gasteiger partial charge on any atom is -0.361 e. The summed E-state index contributed by atoms with van der Waals surface area (Å²) in [5, 5.41) is 3.99. The van der Waals surface area contributed by atoms with Gasteiger partial charge in [0.05, 0.1) is 11.7 Å². The molecule has 3 atom stereocenters.